The molecule has 4 saturated heterocycles. The van der Waals surface area contributed by atoms with Crippen molar-refractivity contribution in [3.05, 3.63) is 107 Å². The number of β-lactam (4-membered cyclic amide) rings is 2. The number of hydrogen-bond donors (Lipinski definition) is 4. The minimum Gasteiger partial charge on any atom is -0.469 e. The molecule has 0 unspecified atom stereocenters. The first-order valence-electron chi connectivity index (χ1n) is 40.3. The Labute approximate surface area is 665 Å². The molecule has 0 radical (unpaired) electrons. The molecular formula is C82H112N10O22. The average molecular weight is 1590 g/mol. The maximum atomic E-state index is 13.9. The summed E-state index contributed by atoms with van der Waals surface area (Å²) in [7, 11) is 0. The normalized spacial score (nSPS) is 17.6. The van der Waals surface area contributed by atoms with Crippen LogP contribution in [0.5, 0.6) is 34.5 Å². The third-order valence-corrected chi connectivity index (χ3v) is 21.7. The zero-order valence-corrected chi connectivity index (χ0v) is 66.5. The molecule has 12 amide bonds. The Hall–Kier alpha value is -10.2. The van der Waals surface area contributed by atoms with E-state index in [1.165, 1.54) is 0 Å². The van der Waals surface area contributed by atoms with Crippen LogP contribution in [-0.2, 0) is 47.6 Å². The highest BCUT2D eigenvalue weighted by molar-refractivity contribution is 6.04. The molecule has 4 N–H and O–H groups in total. The number of amides is 12. The molecule has 0 aromatic heterocycles. The predicted octanol–water partition coefficient (Wildman–Crippen LogP) is 9.48. The number of carbonyl (C=O) groups excluding carboxylic acids is 10. The summed E-state index contributed by atoms with van der Waals surface area (Å²) in [6, 6.07) is 22.6. The summed E-state index contributed by atoms with van der Waals surface area (Å²) in [6.07, 6.45) is 4.58. The molecule has 6 aliphatic rings. The lowest BCUT2D eigenvalue weighted by molar-refractivity contribution is -0.191. The molecule has 0 bridgehead atoms. The fourth-order valence-corrected chi connectivity index (χ4v) is 14.7. The van der Waals surface area contributed by atoms with Gasteiger partial charge in [-0.05, 0) is 148 Å². The van der Waals surface area contributed by atoms with Gasteiger partial charge < -0.3 is 97.7 Å². The van der Waals surface area contributed by atoms with Crippen molar-refractivity contribution in [2.75, 3.05) is 145 Å². The summed E-state index contributed by atoms with van der Waals surface area (Å²) in [5.74, 6) is 2.30. The van der Waals surface area contributed by atoms with Crippen LogP contribution >= 0.6 is 0 Å². The fourth-order valence-electron chi connectivity index (χ4n) is 14.7. The van der Waals surface area contributed by atoms with E-state index in [-0.39, 0.29) is 101 Å². The number of nitrogens with one attached hydrogen (secondary N) is 4. The Morgan fingerprint density at radius 3 is 1.12 bits per heavy atom. The lowest BCUT2D eigenvalue weighted by atomic mass is 9.72. The van der Waals surface area contributed by atoms with Crippen LogP contribution in [0.2, 0.25) is 0 Å². The standard InChI is InChI=1S/C82H112N10O22/c1-7-17-63(59-25-31-65-67(53-59)111-55-109-65)85-77(99)91-73(97)81(9-3,10-4)75(91)113-61-27-21-57(22-28-61)71(95)89-39-35-87(36-40-89)69(93)19-15-43-103-45-47-105-49-51-107-79(101)83-33-13-14-34-84-80(102)108-52-50-106-48-46-104-44-16-20-70(94)88-37-41-90(42-38-88)72(96)58-23-29-62(30-24-58)114-76-82(11-5,12-6)74(98)92(76)78(100)86-64(18-8-2)60-26-32-66-68(54-60)112-56-110-66/h21-32,53-54,63-64,75-76H,7-20,33-52,55-56H2,1-6H3,(H,83,101)(H,84,102)(H,85,99)(H,86,100)/t63-,64-,75+,76+/m1/s1. The van der Waals surface area contributed by atoms with Gasteiger partial charge in [-0.25, -0.2) is 29.0 Å². The highest BCUT2D eigenvalue weighted by Gasteiger charge is 2.64. The van der Waals surface area contributed by atoms with Gasteiger partial charge in [0, 0.05) is 103 Å². The smallest absolute Gasteiger partial charge is 0.407 e. The molecule has 32 nitrogen and oxygen atoms in total. The molecule has 6 aliphatic heterocycles. The van der Waals surface area contributed by atoms with Crippen LogP contribution < -0.4 is 49.7 Å². The molecular weight excluding hydrogens is 1480 g/mol. The molecule has 0 spiro atoms. The number of alkyl carbamates (subject to hydrolysis) is 2. The van der Waals surface area contributed by atoms with E-state index in [1.807, 2.05) is 77.9 Å². The van der Waals surface area contributed by atoms with Crippen LogP contribution in [0.4, 0.5) is 19.2 Å². The first-order chi connectivity index (χ1) is 55.4. The van der Waals surface area contributed by atoms with Crippen molar-refractivity contribution in [2.24, 2.45) is 10.8 Å². The first kappa shape index (κ1) is 86.2. The highest BCUT2D eigenvalue weighted by atomic mass is 16.7. The van der Waals surface area contributed by atoms with E-state index >= 15 is 0 Å². The monoisotopic (exact) mass is 1590 g/mol. The number of fused-ring (bicyclic) bond motifs is 2. The van der Waals surface area contributed by atoms with Crippen molar-refractivity contribution in [1.82, 2.24) is 50.7 Å². The lowest BCUT2D eigenvalue weighted by Crippen LogP contribution is -2.73. The zero-order valence-electron chi connectivity index (χ0n) is 66.5. The molecule has 0 aliphatic carbocycles. The number of benzene rings is 4. The van der Waals surface area contributed by atoms with Crippen molar-refractivity contribution in [2.45, 2.75) is 156 Å². The Morgan fingerprint density at radius 2 is 0.763 bits per heavy atom. The second-order valence-electron chi connectivity index (χ2n) is 28.7. The number of rotatable bonds is 43. The van der Waals surface area contributed by atoms with Crippen molar-refractivity contribution >= 4 is 59.7 Å². The number of ether oxygens (including phenoxy) is 12. The van der Waals surface area contributed by atoms with Gasteiger partial charge in [-0.1, -0.05) is 66.5 Å². The van der Waals surface area contributed by atoms with E-state index in [0.29, 0.717) is 215 Å². The quantitative estimate of drug-likeness (QED) is 0.0237. The number of piperazine rings is 2. The number of hydrogen-bond acceptors (Lipinski definition) is 22. The molecule has 10 rings (SSSR count). The molecule has 114 heavy (non-hydrogen) atoms. The molecule has 4 fully saturated rings. The molecule has 32 heteroatoms. The van der Waals surface area contributed by atoms with Crippen LogP contribution in [0.25, 0.3) is 0 Å². The maximum absolute atomic E-state index is 13.9. The lowest BCUT2D eigenvalue weighted by Gasteiger charge is -2.53. The second-order valence-corrected chi connectivity index (χ2v) is 28.7. The van der Waals surface area contributed by atoms with Crippen molar-refractivity contribution < 1.29 is 105 Å². The van der Waals surface area contributed by atoms with Crippen LogP contribution in [0.15, 0.2) is 84.9 Å². The minimum absolute atomic E-state index is 0.0201. The number of carbonyl (C=O) groups is 10. The van der Waals surface area contributed by atoms with Crippen LogP contribution in [0.3, 0.4) is 0 Å². The van der Waals surface area contributed by atoms with Gasteiger partial charge in [0.15, 0.2) is 35.5 Å². The summed E-state index contributed by atoms with van der Waals surface area (Å²) >= 11 is 0. The molecule has 4 atom stereocenters. The SMILES string of the molecule is CCC[C@@H](NC(=O)N1C(=O)C(CC)(CC)[C@@H]1Oc1ccc(C(=O)N2CCN(C(=O)CCCOCCOCCOC(=O)NCCCCNC(=O)OCCOCCOCCCC(=O)N3CCN(C(=O)c4ccc(O[C@@H]5N(C(=O)N[C@H](CCC)c6ccc7c(c6)OCO7)C(=O)C5(CC)CC)cc4)CC3)CC2)cc1)c1ccc2c(c1)OCO2. The number of urea groups is 2. The Balaban J connectivity index is 0.482. The van der Waals surface area contributed by atoms with Crippen molar-refractivity contribution in [3.8, 4) is 34.5 Å². The van der Waals surface area contributed by atoms with Gasteiger partial charge in [0.1, 0.15) is 35.5 Å². The van der Waals surface area contributed by atoms with Crippen molar-refractivity contribution in [1.29, 1.82) is 0 Å². The summed E-state index contributed by atoms with van der Waals surface area (Å²) in [5, 5.41) is 11.4. The Bertz CT molecular complexity index is 3640. The van der Waals surface area contributed by atoms with E-state index in [4.69, 9.17) is 56.8 Å². The van der Waals surface area contributed by atoms with Gasteiger partial charge >= 0.3 is 24.2 Å². The average Bonchev–Trinajstić information content (AvgIpc) is 0.780. The van der Waals surface area contributed by atoms with E-state index in [0.717, 1.165) is 33.8 Å². The molecule has 622 valence electrons. The third kappa shape index (κ3) is 22.0. The fraction of sp³-hybridized carbons (Fsp3) is 0.585. The maximum Gasteiger partial charge on any atom is 0.407 e. The van der Waals surface area contributed by atoms with E-state index in [9.17, 15) is 47.9 Å². The third-order valence-electron chi connectivity index (χ3n) is 21.7. The van der Waals surface area contributed by atoms with Crippen molar-refractivity contribution in [3.63, 3.8) is 0 Å². The molecule has 4 aromatic carbocycles. The minimum atomic E-state index is -0.897. The summed E-state index contributed by atoms with van der Waals surface area (Å²) in [5.41, 5.74) is 0.768. The Morgan fingerprint density at radius 1 is 0.421 bits per heavy atom. The highest BCUT2D eigenvalue weighted by Crippen LogP contribution is 2.48. The molecule has 6 heterocycles. The summed E-state index contributed by atoms with van der Waals surface area (Å²) < 4.78 is 67.5. The number of nitrogens with zero attached hydrogens (tertiary/aromatic N) is 6. The first-order valence-corrected chi connectivity index (χ1v) is 40.3. The molecule has 4 aromatic rings. The topological polar surface area (TPSA) is 349 Å². The summed E-state index contributed by atoms with van der Waals surface area (Å²) in [4.78, 5) is 142. The number of likely N-dealkylation sites (tertiary alicyclic amines) is 2. The van der Waals surface area contributed by atoms with Gasteiger partial charge in [-0.3, -0.25) is 28.8 Å². The number of imide groups is 2. The van der Waals surface area contributed by atoms with Crippen LogP contribution in [0, 0.1) is 10.8 Å². The van der Waals surface area contributed by atoms with Crippen LogP contribution in [-0.4, -0.2) is 247 Å². The van der Waals surface area contributed by atoms with Crippen LogP contribution in [0.1, 0.15) is 175 Å². The largest absolute Gasteiger partial charge is 0.469 e. The van der Waals surface area contributed by atoms with E-state index in [1.54, 1.807) is 68.1 Å². The number of unbranched alkanes of at least 4 members (excludes halogenated alkanes) is 1. The van der Waals surface area contributed by atoms with E-state index < -0.39 is 47.5 Å². The Kier molecular flexibility index (Phi) is 32.4. The van der Waals surface area contributed by atoms with Gasteiger partial charge in [0.2, 0.25) is 37.2 Å². The second kappa shape index (κ2) is 42.8. The predicted molar refractivity (Wildman–Crippen MR) is 414 cm³/mol. The van der Waals surface area contributed by atoms with Gasteiger partial charge in [-0.2, -0.15) is 0 Å². The van der Waals surface area contributed by atoms with Gasteiger partial charge in [-0.15, -0.1) is 0 Å². The molecule has 0 saturated carbocycles. The van der Waals surface area contributed by atoms with Gasteiger partial charge in [0.05, 0.1) is 51.7 Å². The zero-order chi connectivity index (χ0) is 81.0. The summed E-state index contributed by atoms with van der Waals surface area (Å²) in [6.45, 7) is 18.0. The van der Waals surface area contributed by atoms with Gasteiger partial charge in [0.25, 0.3) is 11.8 Å². The van der Waals surface area contributed by atoms with E-state index in [2.05, 4.69) is 21.3 Å².